The fourth-order valence-electron chi connectivity index (χ4n) is 4.69. The van der Waals surface area contributed by atoms with Crippen LogP contribution in [0.25, 0.3) is 21.7 Å². The van der Waals surface area contributed by atoms with Gasteiger partial charge in [-0.25, -0.2) is 0 Å². The number of carbonyl (C=O) groups is 1. The highest BCUT2D eigenvalue weighted by Gasteiger charge is 2.21. The van der Waals surface area contributed by atoms with Gasteiger partial charge in [-0.1, -0.05) is 54.6 Å². The summed E-state index contributed by atoms with van der Waals surface area (Å²) in [5.41, 5.74) is 3.63. The summed E-state index contributed by atoms with van der Waals surface area (Å²) in [5, 5.41) is 5.78. The molecule has 0 saturated carbocycles. The van der Waals surface area contributed by atoms with Crippen LogP contribution in [-0.4, -0.2) is 32.2 Å². The van der Waals surface area contributed by atoms with Gasteiger partial charge in [-0.3, -0.25) is 4.79 Å². The number of carbonyl (C=O) groups excluding carboxylic acids is 1. The van der Waals surface area contributed by atoms with Gasteiger partial charge in [0.2, 0.25) is 5.75 Å². The van der Waals surface area contributed by atoms with E-state index in [-0.39, 0.29) is 5.91 Å². The maximum absolute atomic E-state index is 13.5. The lowest BCUT2D eigenvalue weighted by Gasteiger charge is -2.17. The fourth-order valence-corrected chi connectivity index (χ4v) is 4.69. The monoisotopic (exact) mass is 509 g/mol. The van der Waals surface area contributed by atoms with E-state index in [9.17, 15) is 4.79 Å². The zero-order valence-electron chi connectivity index (χ0n) is 21.6. The first-order valence-electron chi connectivity index (χ1n) is 12.2. The van der Waals surface area contributed by atoms with Gasteiger partial charge in [-0.05, 0) is 42.0 Å². The largest absolute Gasteiger partial charge is 0.493 e. The molecule has 0 saturated heterocycles. The number of methoxy groups -OCH3 is 3. The molecule has 7 nitrogen and oxygen atoms in total. The molecule has 1 heterocycles. The molecule has 193 valence electrons. The van der Waals surface area contributed by atoms with Gasteiger partial charge in [0.05, 0.1) is 26.8 Å². The Balaban J connectivity index is 1.53. The molecule has 1 amide bonds. The molecule has 0 aliphatic carbocycles. The maximum Gasteiger partial charge on any atom is 0.272 e. The number of hydrogen-bond acceptors (Lipinski definition) is 5. The molecular formula is C31H29N2O5. The number of rotatable bonds is 9. The lowest BCUT2D eigenvalue weighted by atomic mass is 9.99. The number of hydrogen-bond donors (Lipinski definition) is 2. The first-order valence-corrected chi connectivity index (χ1v) is 12.2. The zero-order chi connectivity index (χ0) is 26.6. The summed E-state index contributed by atoms with van der Waals surface area (Å²) in [7, 11) is 4.64. The molecule has 0 fully saturated rings. The summed E-state index contributed by atoms with van der Waals surface area (Å²) >= 11 is 0. The van der Waals surface area contributed by atoms with Crippen LogP contribution in [0.1, 0.15) is 21.6 Å². The van der Waals surface area contributed by atoms with E-state index in [1.807, 2.05) is 60.7 Å². The van der Waals surface area contributed by atoms with Crippen molar-refractivity contribution in [3.63, 3.8) is 0 Å². The lowest BCUT2D eigenvalue weighted by Crippen LogP contribution is -2.14. The summed E-state index contributed by atoms with van der Waals surface area (Å²) in [6.45, 7) is 4.53. The van der Waals surface area contributed by atoms with Gasteiger partial charge in [-0.2, -0.15) is 0 Å². The summed E-state index contributed by atoms with van der Waals surface area (Å²) in [4.78, 5) is 16.7. The van der Waals surface area contributed by atoms with Crippen LogP contribution in [0.2, 0.25) is 0 Å². The summed E-state index contributed by atoms with van der Waals surface area (Å²) in [5.74, 6) is 1.80. The molecule has 1 aromatic heterocycles. The summed E-state index contributed by atoms with van der Waals surface area (Å²) in [6.07, 6.45) is 0.490. The third kappa shape index (κ3) is 4.59. The van der Waals surface area contributed by atoms with Crippen LogP contribution in [0, 0.1) is 6.92 Å². The molecule has 7 heteroatoms. The first-order chi connectivity index (χ1) is 18.6. The molecule has 0 spiro atoms. The van der Waals surface area contributed by atoms with Crippen LogP contribution in [0.4, 0.5) is 5.69 Å². The van der Waals surface area contributed by atoms with Crippen LogP contribution < -0.4 is 24.3 Å². The molecule has 0 aliphatic rings. The molecule has 0 bridgehead atoms. The standard InChI is InChI=1S/C31H29N2O5/c1-5-21-22-13-9-10-14-23(22)26(38-18-19-11-7-6-8-12-19)17-24(21)33-31(34)25-15-20-16-27(35-2)29(36-3)30(37-4)28(20)32-25/h6-17,32H,1,5,18H2,2-4H3,(H,33,34). The molecule has 5 aromatic rings. The SMILES string of the molecule is [CH2]Cc1c(NC(=O)c2cc3cc(OC)c(OC)c(OC)c3[nH]2)cc(OCc2ccccc2)c2ccccc12. The van der Waals surface area contributed by atoms with E-state index < -0.39 is 0 Å². The Labute approximate surface area is 221 Å². The van der Waals surface area contributed by atoms with Crippen molar-refractivity contribution in [1.29, 1.82) is 0 Å². The Kier molecular flexibility index (Phi) is 7.09. The lowest BCUT2D eigenvalue weighted by molar-refractivity contribution is 0.102. The molecule has 38 heavy (non-hydrogen) atoms. The van der Waals surface area contributed by atoms with Crippen molar-refractivity contribution < 1.29 is 23.7 Å². The average Bonchev–Trinajstić information content (AvgIpc) is 3.39. The van der Waals surface area contributed by atoms with E-state index in [0.717, 1.165) is 27.3 Å². The average molecular weight is 510 g/mol. The number of benzene rings is 4. The minimum absolute atomic E-state index is 0.305. The molecule has 1 radical (unpaired) electrons. The van der Waals surface area contributed by atoms with Crippen LogP contribution in [0.15, 0.2) is 72.8 Å². The Morgan fingerprint density at radius 2 is 1.55 bits per heavy atom. The van der Waals surface area contributed by atoms with E-state index in [0.29, 0.717) is 52.9 Å². The topological polar surface area (TPSA) is 81.8 Å². The summed E-state index contributed by atoms with van der Waals surface area (Å²) < 4.78 is 22.7. The number of ether oxygens (including phenoxy) is 4. The van der Waals surface area contributed by atoms with Crippen LogP contribution >= 0.6 is 0 Å². The third-order valence-electron chi connectivity index (χ3n) is 6.52. The van der Waals surface area contributed by atoms with E-state index in [4.69, 9.17) is 18.9 Å². The molecule has 0 unspecified atom stereocenters. The predicted molar refractivity (Wildman–Crippen MR) is 150 cm³/mol. The second-order valence-corrected chi connectivity index (χ2v) is 8.72. The van der Waals surface area contributed by atoms with Gasteiger partial charge in [0.1, 0.15) is 18.1 Å². The van der Waals surface area contributed by atoms with Gasteiger partial charge >= 0.3 is 0 Å². The van der Waals surface area contributed by atoms with Crippen molar-refractivity contribution in [2.75, 3.05) is 26.6 Å². The molecule has 0 aliphatic heterocycles. The van der Waals surface area contributed by atoms with Crippen molar-refractivity contribution in [2.45, 2.75) is 13.0 Å². The maximum atomic E-state index is 13.5. The quantitative estimate of drug-likeness (QED) is 0.235. The number of aromatic nitrogens is 1. The number of amides is 1. The minimum Gasteiger partial charge on any atom is -0.493 e. The number of H-pyrrole nitrogens is 1. The Bertz CT molecular complexity index is 1610. The molecular weight excluding hydrogens is 480 g/mol. The first kappa shape index (κ1) is 25.0. The predicted octanol–water partition coefficient (Wildman–Crippen LogP) is 6.55. The normalized spacial score (nSPS) is 10.9. The van der Waals surface area contributed by atoms with Crippen molar-refractivity contribution in [3.8, 4) is 23.0 Å². The third-order valence-corrected chi connectivity index (χ3v) is 6.52. The van der Waals surface area contributed by atoms with Gasteiger partial charge in [0.15, 0.2) is 11.5 Å². The van der Waals surface area contributed by atoms with Crippen LogP contribution in [0.3, 0.4) is 0 Å². The molecule has 5 rings (SSSR count). The van der Waals surface area contributed by atoms with Gasteiger partial charge < -0.3 is 29.2 Å². The van der Waals surface area contributed by atoms with Crippen molar-refractivity contribution in [1.82, 2.24) is 4.98 Å². The Morgan fingerprint density at radius 1 is 0.842 bits per heavy atom. The minimum atomic E-state index is -0.305. The second-order valence-electron chi connectivity index (χ2n) is 8.72. The molecule has 0 atom stereocenters. The van der Waals surface area contributed by atoms with E-state index in [2.05, 4.69) is 17.2 Å². The number of anilines is 1. The number of nitrogens with one attached hydrogen (secondary N) is 2. The highest BCUT2D eigenvalue weighted by molar-refractivity contribution is 6.09. The number of aromatic amines is 1. The van der Waals surface area contributed by atoms with Crippen molar-refractivity contribution >= 4 is 33.3 Å². The summed E-state index contributed by atoms with van der Waals surface area (Å²) in [6, 6.07) is 23.4. The van der Waals surface area contributed by atoms with E-state index >= 15 is 0 Å². The molecule has 4 aromatic carbocycles. The Morgan fingerprint density at radius 3 is 2.24 bits per heavy atom. The second kappa shape index (κ2) is 10.8. The van der Waals surface area contributed by atoms with Crippen molar-refractivity contribution in [2.24, 2.45) is 0 Å². The van der Waals surface area contributed by atoms with E-state index in [1.165, 1.54) is 0 Å². The van der Waals surface area contributed by atoms with E-state index in [1.54, 1.807) is 33.5 Å². The van der Waals surface area contributed by atoms with Gasteiger partial charge in [0.25, 0.3) is 5.91 Å². The zero-order valence-corrected chi connectivity index (χ0v) is 21.6. The van der Waals surface area contributed by atoms with Crippen LogP contribution in [-0.2, 0) is 13.0 Å². The fraction of sp³-hybridized carbons (Fsp3) is 0.161. The Hall–Kier alpha value is -4.65. The smallest absolute Gasteiger partial charge is 0.272 e. The van der Waals surface area contributed by atoms with Gasteiger partial charge in [-0.15, -0.1) is 0 Å². The van der Waals surface area contributed by atoms with Crippen LogP contribution in [0.5, 0.6) is 23.0 Å². The highest BCUT2D eigenvalue weighted by atomic mass is 16.5. The molecule has 2 N–H and O–H groups in total. The van der Waals surface area contributed by atoms with Crippen molar-refractivity contribution in [3.05, 3.63) is 96.5 Å². The van der Waals surface area contributed by atoms with Gasteiger partial charge in [0, 0.05) is 22.5 Å². The number of fused-ring (bicyclic) bond motifs is 2. The highest BCUT2D eigenvalue weighted by Crippen LogP contribution is 2.43.